The third kappa shape index (κ3) is 4.67. The van der Waals surface area contributed by atoms with E-state index in [0.29, 0.717) is 6.61 Å². The number of ether oxygens (including phenoxy) is 1. The standard InChI is InChI=1S/C15H25NO2/c1-6-16-12(3)13-9-11(2)7-8-14(13)18-10-15(4,5)17/h7-9,12,16-17H,6,10H2,1-5H3. The second-order valence-electron chi connectivity index (χ2n) is 5.42. The van der Waals surface area contributed by atoms with Crippen molar-refractivity contribution in [2.45, 2.75) is 46.3 Å². The van der Waals surface area contributed by atoms with E-state index in [0.717, 1.165) is 17.9 Å². The summed E-state index contributed by atoms with van der Waals surface area (Å²) in [6.45, 7) is 11.0. The Labute approximate surface area is 110 Å². The second-order valence-corrected chi connectivity index (χ2v) is 5.42. The summed E-state index contributed by atoms with van der Waals surface area (Å²) in [6.07, 6.45) is 0. The van der Waals surface area contributed by atoms with Gasteiger partial charge >= 0.3 is 0 Å². The average Bonchev–Trinajstić information content (AvgIpc) is 2.26. The van der Waals surface area contributed by atoms with Gasteiger partial charge in [0.2, 0.25) is 0 Å². The van der Waals surface area contributed by atoms with E-state index < -0.39 is 5.60 Å². The fourth-order valence-electron chi connectivity index (χ4n) is 1.81. The monoisotopic (exact) mass is 251 g/mol. The summed E-state index contributed by atoms with van der Waals surface area (Å²) in [5.74, 6) is 0.844. The Balaban J connectivity index is 2.89. The number of rotatable bonds is 6. The summed E-state index contributed by atoms with van der Waals surface area (Å²) in [5, 5.41) is 13.1. The van der Waals surface area contributed by atoms with Gasteiger partial charge in [0.1, 0.15) is 12.4 Å². The van der Waals surface area contributed by atoms with E-state index in [1.807, 2.05) is 12.1 Å². The highest BCUT2D eigenvalue weighted by Crippen LogP contribution is 2.27. The van der Waals surface area contributed by atoms with Gasteiger partial charge in [-0.25, -0.2) is 0 Å². The Kier molecular flexibility index (Phi) is 5.17. The van der Waals surface area contributed by atoms with Gasteiger partial charge in [-0.3, -0.25) is 0 Å². The molecule has 0 aliphatic heterocycles. The molecule has 1 unspecified atom stereocenters. The molecular formula is C15H25NO2. The minimum atomic E-state index is -0.816. The van der Waals surface area contributed by atoms with Crippen LogP contribution in [0.4, 0.5) is 0 Å². The molecule has 0 radical (unpaired) electrons. The van der Waals surface area contributed by atoms with Crippen molar-refractivity contribution in [3.63, 3.8) is 0 Å². The van der Waals surface area contributed by atoms with Crippen LogP contribution in [0.1, 0.15) is 44.9 Å². The summed E-state index contributed by atoms with van der Waals surface area (Å²) in [4.78, 5) is 0. The lowest BCUT2D eigenvalue weighted by atomic mass is 10.0. The number of benzene rings is 1. The van der Waals surface area contributed by atoms with Gasteiger partial charge in [-0.15, -0.1) is 0 Å². The summed E-state index contributed by atoms with van der Waals surface area (Å²) in [6, 6.07) is 6.38. The molecule has 0 fully saturated rings. The van der Waals surface area contributed by atoms with Crippen molar-refractivity contribution < 1.29 is 9.84 Å². The van der Waals surface area contributed by atoms with Crippen molar-refractivity contribution in [2.24, 2.45) is 0 Å². The van der Waals surface area contributed by atoms with Gasteiger partial charge in [0.05, 0.1) is 5.60 Å². The predicted octanol–water partition coefficient (Wildman–Crippen LogP) is 2.82. The third-order valence-corrected chi connectivity index (χ3v) is 2.72. The van der Waals surface area contributed by atoms with Gasteiger partial charge in [0.25, 0.3) is 0 Å². The number of aliphatic hydroxyl groups is 1. The van der Waals surface area contributed by atoms with Crippen LogP contribution in [0.2, 0.25) is 0 Å². The Morgan fingerprint density at radius 1 is 1.39 bits per heavy atom. The Morgan fingerprint density at radius 3 is 2.61 bits per heavy atom. The van der Waals surface area contributed by atoms with Crippen LogP contribution >= 0.6 is 0 Å². The molecule has 3 heteroatoms. The van der Waals surface area contributed by atoms with Crippen molar-refractivity contribution in [3.05, 3.63) is 29.3 Å². The maximum Gasteiger partial charge on any atom is 0.124 e. The molecule has 0 aromatic heterocycles. The minimum Gasteiger partial charge on any atom is -0.490 e. The van der Waals surface area contributed by atoms with Gasteiger partial charge in [-0.05, 0) is 40.3 Å². The molecule has 2 N–H and O–H groups in total. The quantitative estimate of drug-likeness (QED) is 0.817. The zero-order chi connectivity index (χ0) is 13.8. The molecule has 0 aliphatic carbocycles. The van der Waals surface area contributed by atoms with Gasteiger partial charge in [0, 0.05) is 11.6 Å². The van der Waals surface area contributed by atoms with E-state index in [4.69, 9.17) is 4.74 Å². The van der Waals surface area contributed by atoms with Crippen molar-refractivity contribution >= 4 is 0 Å². The summed E-state index contributed by atoms with van der Waals surface area (Å²) < 4.78 is 5.73. The van der Waals surface area contributed by atoms with Crippen LogP contribution in [0.5, 0.6) is 5.75 Å². The van der Waals surface area contributed by atoms with Crippen molar-refractivity contribution in [1.82, 2.24) is 5.32 Å². The zero-order valence-corrected chi connectivity index (χ0v) is 12.1. The van der Waals surface area contributed by atoms with E-state index in [9.17, 15) is 5.11 Å². The first kappa shape index (κ1) is 15.0. The molecule has 1 atom stereocenters. The number of hydrogen-bond acceptors (Lipinski definition) is 3. The SMILES string of the molecule is CCNC(C)c1cc(C)ccc1OCC(C)(C)O. The lowest BCUT2D eigenvalue weighted by Gasteiger charge is -2.22. The van der Waals surface area contributed by atoms with Crippen molar-refractivity contribution in [3.8, 4) is 5.75 Å². The van der Waals surface area contributed by atoms with Crippen LogP contribution in [0.15, 0.2) is 18.2 Å². The second kappa shape index (κ2) is 6.21. The molecule has 0 heterocycles. The first-order valence-corrected chi connectivity index (χ1v) is 6.52. The smallest absolute Gasteiger partial charge is 0.124 e. The van der Waals surface area contributed by atoms with Crippen LogP contribution in [-0.2, 0) is 0 Å². The van der Waals surface area contributed by atoms with Crippen LogP contribution < -0.4 is 10.1 Å². The fourth-order valence-corrected chi connectivity index (χ4v) is 1.81. The van der Waals surface area contributed by atoms with Gasteiger partial charge in [0.15, 0.2) is 0 Å². The topological polar surface area (TPSA) is 41.5 Å². The van der Waals surface area contributed by atoms with Crippen LogP contribution in [-0.4, -0.2) is 23.9 Å². The highest BCUT2D eigenvalue weighted by Gasteiger charge is 2.16. The number of aryl methyl sites for hydroxylation is 1. The maximum absolute atomic E-state index is 9.73. The first-order valence-electron chi connectivity index (χ1n) is 6.52. The van der Waals surface area contributed by atoms with E-state index in [2.05, 4.69) is 32.2 Å². The van der Waals surface area contributed by atoms with Gasteiger partial charge < -0.3 is 15.2 Å². The average molecular weight is 251 g/mol. The van der Waals surface area contributed by atoms with Crippen LogP contribution in [0, 0.1) is 6.92 Å². The van der Waals surface area contributed by atoms with E-state index in [-0.39, 0.29) is 6.04 Å². The van der Waals surface area contributed by atoms with Crippen molar-refractivity contribution in [2.75, 3.05) is 13.2 Å². The summed E-state index contributed by atoms with van der Waals surface area (Å²) in [7, 11) is 0. The molecule has 0 amide bonds. The normalized spacial score (nSPS) is 13.4. The lowest BCUT2D eigenvalue weighted by molar-refractivity contribution is 0.0280. The Bertz CT molecular complexity index is 383. The van der Waals surface area contributed by atoms with Gasteiger partial charge in [-0.1, -0.05) is 24.6 Å². The van der Waals surface area contributed by atoms with Crippen LogP contribution in [0.3, 0.4) is 0 Å². The molecule has 3 nitrogen and oxygen atoms in total. The van der Waals surface area contributed by atoms with E-state index in [1.165, 1.54) is 5.56 Å². The highest BCUT2D eigenvalue weighted by molar-refractivity contribution is 5.39. The highest BCUT2D eigenvalue weighted by atomic mass is 16.5. The molecule has 0 saturated heterocycles. The Hall–Kier alpha value is -1.06. The molecule has 0 aliphatic rings. The van der Waals surface area contributed by atoms with Gasteiger partial charge in [-0.2, -0.15) is 0 Å². The zero-order valence-electron chi connectivity index (χ0n) is 12.1. The molecule has 1 aromatic carbocycles. The summed E-state index contributed by atoms with van der Waals surface area (Å²) >= 11 is 0. The van der Waals surface area contributed by atoms with Crippen molar-refractivity contribution in [1.29, 1.82) is 0 Å². The third-order valence-electron chi connectivity index (χ3n) is 2.72. The van der Waals surface area contributed by atoms with E-state index >= 15 is 0 Å². The minimum absolute atomic E-state index is 0.242. The van der Waals surface area contributed by atoms with E-state index in [1.54, 1.807) is 13.8 Å². The maximum atomic E-state index is 9.73. The summed E-state index contributed by atoms with van der Waals surface area (Å²) in [5.41, 5.74) is 1.54. The first-order chi connectivity index (χ1) is 8.33. The lowest BCUT2D eigenvalue weighted by Crippen LogP contribution is -2.28. The number of nitrogens with one attached hydrogen (secondary N) is 1. The molecule has 0 spiro atoms. The molecule has 1 aromatic rings. The largest absolute Gasteiger partial charge is 0.490 e. The molecular weight excluding hydrogens is 226 g/mol. The molecule has 0 saturated carbocycles. The molecule has 102 valence electrons. The predicted molar refractivity (Wildman–Crippen MR) is 75.1 cm³/mol. The molecule has 0 bridgehead atoms. The Morgan fingerprint density at radius 2 is 2.06 bits per heavy atom. The molecule has 18 heavy (non-hydrogen) atoms. The van der Waals surface area contributed by atoms with Crippen LogP contribution in [0.25, 0.3) is 0 Å². The fraction of sp³-hybridized carbons (Fsp3) is 0.600. The number of hydrogen-bond donors (Lipinski definition) is 2. The molecule has 1 rings (SSSR count).